The van der Waals surface area contributed by atoms with Gasteiger partial charge in [0.1, 0.15) is 0 Å². The van der Waals surface area contributed by atoms with E-state index in [1.54, 1.807) is 0 Å². The number of hydrogen-bond donors (Lipinski definition) is 2. The fraction of sp³-hybridized carbons (Fsp3) is 0.385. The summed E-state index contributed by atoms with van der Waals surface area (Å²) in [6.07, 6.45) is 2.09. The van der Waals surface area contributed by atoms with Gasteiger partial charge in [0, 0.05) is 17.3 Å². The van der Waals surface area contributed by atoms with Gasteiger partial charge in [-0.05, 0) is 26.3 Å². The number of nitrogens with zero attached hydrogens (tertiary/aromatic N) is 2. The molecule has 0 saturated carbocycles. The molecule has 0 aliphatic rings. The minimum atomic E-state index is 0.738. The van der Waals surface area contributed by atoms with Gasteiger partial charge in [0.2, 0.25) is 0 Å². The number of aryl methyl sites for hydroxylation is 1. The summed E-state index contributed by atoms with van der Waals surface area (Å²) in [5.41, 5.74) is 6.43. The van der Waals surface area contributed by atoms with Crippen LogP contribution in [0.5, 0.6) is 0 Å². The van der Waals surface area contributed by atoms with Crippen molar-refractivity contribution < 1.29 is 0 Å². The zero-order valence-corrected chi connectivity index (χ0v) is 10.1. The first-order chi connectivity index (χ1) is 8.33. The molecule has 0 saturated heterocycles. The van der Waals surface area contributed by atoms with Gasteiger partial charge in [0.05, 0.1) is 5.69 Å². The number of nitrogens with one attached hydrogen (secondary N) is 1. The molecule has 4 heteroatoms. The van der Waals surface area contributed by atoms with Crippen LogP contribution in [0.1, 0.15) is 18.5 Å². The Morgan fingerprint density at radius 3 is 2.65 bits per heavy atom. The molecule has 4 nitrogen and oxygen atoms in total. The third-order valence-corrected chi connectivity index (χ3v) is 2.80. The molecule has 0 spiro atoms. The molecule has 0 unspecified atom stereocenters. The number of rotatable bonds is 5. The molecule has 1 aromatic heterocycles. The largest absolute Gasteiger partial charge is 0.368 e. The number of fused-ring (bicyclic) bond motifs is 1. The Hall–Kier alpha value is -1.68. The maximum atomic E-state index is 5.46. The molecule has 0 bridgehead atoms. The molecule has 2 rings (SSSR count). The SMILES string of the molecule is Cc1nnc(NCCCCN)c2ccccc12. The van der Waals surface area contributed by atoms with Crippen LogP contribution in [0.25, 0.3) is 10.8 Å². The molecular weight excluding hydrogens is 212 g/mol. The molecule has 0 fully saturated rings. The highest BCUT2D eigenvalue weighted by Crippen LogP contribution is 2.21. The lowest BCUT2D eigenvalue weighted by atomic mass is 10.1. The number of unbranched alkanes of at least 4 members (excludes halogenated alkanes) is 1. The van der Waals surface area contributed by atoms with E-state index in [4.69, 9.17) is 5.73 Å². The Bertz CT molecular complexity index is 496. The van der Waals surface area contributed by atoms with E-state index in [1.165, 1.54) is 0 Å². The predicted molar refractivity (Wildman–Crippen MR) is 71.1 cm³/mol. The standard InChI is InChI=1S/C13H18N4/c1-10-11-6-2-3-7-12(11)13(17-16-10)15-9-5-4-8-14/h2-3,6-7H,4-5,8-9,14H2,1H3,(H,15,17). The first kappa shape index (κ1) is 11.8. The van der Waals surface area contributed by atoms with Gasteiger partial charge in [0.15, 0.2) is 5.82 Å². The van der Waals surface area contributed by atoms with Gasteiger partial charge in [-0.25, -0.2) is 0 Å². The molecule has 90 valence electrons. The molecule has 0 radical (unpaired) electrons. The van der Waals surface area contributed by atoms with E-state index < -0.39 is 0 Å². The van der Waals surface area contributed by atoms with Gasteiger partial charge < -0.3 is 11.1 Å². The van der Waals surface area contributed by atoms with Crippen molar-refractivity contribution >= 4 is 16.6 Å². The number of nitrogens with two attached hydrogens (primary N) is 1. The topological polar surface area (TPSA) is 63.8 Å². The number of benzene rings is 1. The van der Waals surface area contributed by atoms with Crippen LogP contribution in [-0.2, 0) is 0 Å². The third-order valence-electron chi connectivity index (χ3n) is 2.80. The lowest BCUT2D eigenvalue weighted by Crippen LogP contribution is -2.08. The molecule has 17 heavy (non-hydrogen) atoms. The van der Waals surface area contributed by atoms with Crippen molar-refractivity contribution in [2.45, 2.75) is 19.8 Å². The smallest absolute Gasteiger partial charge is 0.156 e. The molecule has 0 aliphatic heterocycles. The van der Waals surface area contributed by atoms with Crippen molar-refractivity contribution in [2.24, 2.45) is 5.73 Å². The van der Waals surface area contributed by atoms with Crippen LogP contribution in [0.15, 0.2) is 24.3 Å². The molecule has 0 atom stereocenters. The zero-order valence-electron chi connectivity index (χ0n) is 10.1. The minimum Gasteiger partial charge on any atom is -0.368 e. The molecular formula is C13H18N4. The fourth-order valence-electron chi connectivity index (χ4n) is 1.84. The predicted octanol–water partition coefficient (Wildman–Crippen LogP) is 2.09. The molecule has 1 aromatic carbocycles. The van der Waals surface area contributed by atoms with Crippen LogP contribution in [0.4, 0.5) is 5.82 Å². The normalized spacial score (nSPS) is 10.7. The van der Waals surface area contributed by atoms with Crippen molar-refractivity contribution in [3.63, 3.8) is 0 Å². The highest BCUT2D eigenvalue weighted by molar-refractivity contribution is 5.92. The summed E-state index contributed by atoms with van der Waals surface area (Å²) in [6, 6.07) is 8.19. The number of hydrogen-bond acceptors (Lipinski definition) is 4. The lowest BCUT2D eigenvalue weighted by Gasteiger charge is -2.08. The summed E-state index contributed by atoms with van der Waals surface area (Å²) >= 11 is 0. The van der Waals surface area contributed by atoms with Crippen LogP contribution in [0.3, 0.4) is 0 Å². The average molecular weight is 230 g/mol. The van der Waals surface area contributed by atoms with E-state index in [2.05, 4.69) is 27.6 Å². The molecule has 3 N–H and O–H groups in total. The first-order valence-electron chi connectivity index (χ1n) is 5.99. The van der Waals surface area contributed by atoms with Crippen LogP contribution < -0.4 is 11.1 Å². The first-order valence-corrected chi connectivity index (χ1v) is 5.99. The van der Waals surface area contributed by atoms with Crippen molar-refractivity contribution in [1.29, 1.82) is 0 Å². The van der Waals surface area contributed by atoms with Crippen LogP contribution >= 0.6 is 0 Å². The second-order valence-corrected chi connectivity index (χ2v) is 4.10. The Kier molecular flexibility index (Phi) is 3.88. The van der Waals surface area contributed by atoms with Crippen LogP contribution in [-0.4, -0.2) is 23.3 Å². The van der Waals surface area contributed by atoms with Crippen LogP contribution in [0, 0.1) is 6.92 Å². The van der Waals surface area contributed by atoms with Crippen molar-refractivity contribution in [3.8, 4) is 0 Å². The van der Waals surface area contributed by atoms with E-state index in [1.807, 2.05) is 19.1 Å². The zero-order chi connectivity index (χ0) is 12.1. The highest BCUT2D eigenvalue weighted by atomic mass is 15.2. The van der Waals surface area contributed by atoms with Gasteiger partial charge in [-0.3, -0.25) is 0 Å². The molecule has 1 heterocycles. The molecule has 2 aromatic rings. The van der Waals surface area contributed by atoms with Crippen LogP contribution in [0.2, 0.25) is 0 Å². The van der Waals surface area contributed by atoms with Crippen molar-refractivity contribution in [1.82, 2.24) is 10.2 Å². The summed E-state index contributed by atoms with van der Waals surface area (Å²) in [4.78, 5) is 0. The Balaban J connectivity index is 2.20. The number of anilines is 1. The van der Waals surface area contributed by atoms with Gasteiger partial charge in [-0.1, -0.05) is 24.3 Å². The van der Waals surface area contributed by atoms with Gasteiger partial charge >= 0.3 is 0 Å². The lowest BCUT2D eigenvalue weighted by molar-refractivity contribution is 0.771. The summed E-state index contributed by atoms with van der Waals surface area (Å²) in [5.74, 6) is 0.864. The second-order valence-electron chi connectivity index (χ2n) is 4.10. The van der Waals surface area contributed by atoms with E-state index in [-0.39, 0.29) is 0 Å². The second kappa shape index (κ2) is 5.59. The Labute approximate surface area is 101 Å². The highest BCUT2D eigenvalue weighted by Gasteiger charge is 2.04. The Morgan fingerprint density at radius 1 is 1.12 bits per heavy atom. The third kappa shape index (κ3) is 2.71. The maximum Gasteiger partial charge on any atom is 0.156 e. The summed E-state index contributed by atoms with van der Waals surface area (Å²) in [7, 11) is 0. The molecule has 0 aliphatic carbocycles. The summed E-state index contributed by atoms with van der Waals surface area (Å²) in [6.45, 7) is 3.61. The van der Waals surface area contributed by atoms with Crippen molar-refractivity contribution in [3.05, 3.63) is 30.0 Å². The minimum absolute atomic E-state index is 0.738. The summed E-state index contributed by atoms with van der Waals surface area (Å²) < 4.78 is 0. The quantitative estimate of drug-likeness (QED) is 0.772. The Morgan fingerprint density at radius 2 is 1.88 bits per heavy atom. The van der Waals surface area contributed by atoms with E-state index in [0.29, 0.717) is 0 Å². The fourth-order valence-corrected chi connectivity index (χ4v) is 1.84. The van der Waals surface area contributed by atoms with E-state index >= 15 is 0 Å². The van der Waals surface area contributed by atoms with E-state index in [0.717, 1.165) is 48.2 Å². The molecule has 0 amide bonds. The van der Waals surface area contributed by atoms with E-state index in [9.17, 15) is 0 Å². The van der Waals surface area contributed by atoms with Gasteiger partial charge in [-0.15, -0.1) is 5.10 Å². The van der Waals surface area contributed by atoms with Gasteiger partial charge in [0.25, 0.3) is 0 Å². The van der Waals surface area contributed by atoms with Gasteiger partial charge in [-0.2, -0.15) is 5.10 Å². The van der Waals surface area contributed by atoms with Crippen molar-refractivity contribution in [2.75, 3.05) is 18.4 Å². The summed E-state index contributed by atoms with van der Waals surface area (Å²) in [5, 5.41) is 14.0. The number of aromatic nitrogens is 2. The monoisotopic (exact) mass is 230 g/mol. The average Bonchev–Trinajstić information content (AvgIpc) is 2.37. The maximum absolute atomic E-state index is 5.46.